The fourth-order valence-corrected chi connectivity index (χ4v) is 4.56. The summed E-state index contributed by atoms with van der Waals surface area (Å²) in [5.74, 6) is -0.379. The average Bonchev–Trinajstić information content (AvgIpc) is 3.44. The molecule has 0 unspecified atom stereocenters. The molecule has 0 aliphatic rings. The van der Waals surface area contributed by atoms with E-state index in [2.05, 4.69) is 20.8 Å². The van der Waals surface area contributed by atoms with E-state index in [4.69, 9.17) is 0 Å². The van der Waals surface area contributed by atoms with Gasteiger partial charge >= 0.3 is 0 Å². The molecule has 2 heterocycles. The summed E-state index contributed by atoms with van der Waals surface area (Å²) in [5.41, 5.74) is 1.86. The minimum atomic E-state index is -0.585. The highest BCUT2D eigenvalue weighted by molar-refractivity contribution is 7.99. The smallest absolute Gasteiger partial charge is 0.258 e. The molecular weight excluding hydrogens is 461 g/mol. The summed E-state index contributed by atoms with van der Waals surface area (Å²) in [5, 5.41) is 16.5. The Bertz CT molecular complexity index is 1300. The molecule has 0 saturated heterocycles. The van der Waals surface area contributed by atoms with Crippen molar-refractivity contribution < 1.29 is 14.0 Å². The van der Waals surface area contributed by atoms with Gasteiger partial charge in [-0.2, -0.15) is 0 Å². The van der Waals surface area contributed by atoms with Crippen LogP contribution in [0.15, 0.2) is 65.1 Å². The highest BCUT2D eigenvalue weighted by Crippen LogP contribution is 2.26. The van der Waals surface area contributed by atoms with E-state index >= 15 is 0 Å². The molecule has 2 aromatic carbocycles. The fourth-order valence-electron chi connectivity index (χ4n) is 3.10. The normalized spacial score (nSPS) is 10.8. The number of hydrogen-bond acceptors (Lipinski definition) is 6. The number of hydrogen-bond donors (Lipinski definition) is 2. The molecule has 2 N–H and O–H groups in total. The number of aromatic nitrogens is 3. The standard InChI is InChI=1S/C23H20FN5O2S2/c1-14-12-15(25-22(31)16-6-3-4-7-17(16)24)9-10-18(14)26-20(30)13-33-23-28-27-21(29(23)2)19-8-5-11-32-19/h3-12H,13H2,1-2H3,(H,25,31)(H,26,30). The Labute approximate surface area is 198 Å². The second-order valence-corrected chi connectivity index (χ2v) is 9.03. The van der Waals surface area contributed by atoms with E-state index in [-0.39, 0.29) is 17.2 Å². The van der Waals surface area contributed by atoms with Crippen LogP contribution < -0.4 is 10.6 Å². The number of carbonyl (C=O) groups is 2. The van der Waals surface area contributed by atoms with Crippen molar-refractivity contribution in [3.8, 4) is 10.7 Å². The van der Waals surface area contributed by atoms with Gasteiger partial charge in [-0.15, -0.1) is 21.5 Å². The lowest BCUT2D eigenvalue weighted by Crippen LogP contribution is -2.16. The lowest BCUT2D eigenvalue weighted by atomic mass is 10.1. The number of nitrogens with one attached hydrogen (secondary N) is 2. The van der Waals surface area contributed by atoms with Crippen LogP contribution in [0.1, 0.15) is 15.9 Å². The van der Waals surface area contributed by atoms with Crippen molar-refractivity contribution in [1.82, 2.24) is 14.8 Å². The molecule has 2 amide bonds. The molecule has 0 fully saturated rings. The van der Waals surface area contributed by atoms with Gasteiger partial charge in [-0.1, -0.05) is 30.0 Å². The summed E-state index contributed by atoms with van der Waals surface area (Å²) in [4.78, 5) is 25.8. The van der Waals surface area contributed by atoms with Gasteiger partial charge in [0, 0.05) is 18.4 Å². The van der Waals surface area contributed by atoms with E-state index in [9.17, 15) is 14.0 Å². The number of amides is 2. The zero-order valence-electron chi connectivity index (χ0n) is 17.8. The molecule has 33 heavy (non-hydrogen) atoms. The van der Waals surface area contributed by atoms with Gasteiger partial charge in [0.15, 0.2) is 11.0 Å². The lowest BCUT2D eigenvalue weighted by Gasteiger charge is -2.11. The third-order valence-electron chi connectivity index (χ3n) is 4.79. The Morgan fingerprint density at radius 1 is 1.09 bits per heavy atom. The largest absolute Gasteiger partial charge is 0.325 e. The summed E-state index contributed by atoms with van der Waals surface area (Å²) in [6.07, 6.45) is 0. The van der Waals surface area contributed by atoms with E-state index in [0.717, 1.165) is 16.3 Å². The second-order valence-electron chi connectivity index (χ2n) is 7.14. The highest BCUT2D eigenvalue weighted by atomic mass is 32.2. The first-order valence-corrected chi connectivity index (χ1v) is 11.8. The molecule has 0 saturated carbocycles. The van der Waals surface area contributed by atoms with Crippen LogP contribution in [0.3, 0.4) is 0 Å². The number of benzene rings is 2. The monoisotopic (exact) mass is 481 g/mol. The van der Waals surface area contributed by atoms with Crippen LogP contribution in [0.5, 0.6) is 0 Å². The summed E-state index contributed by atoms with van der Waals surface area (Å²) < 4.78 is 15.7. The zero-order valence-corrected chi connectivity index (χ0v) is 19.5. The first-order valence-electron chi connectivity index (χ1n) is 9.95. The van der Waals surface area contributed by atoms with Gasteiger partial charge in [0.05, 0.1) is 16.2 Å². The topological polar surface area (TPSA) is 88.9 Å². The first kappa shape index (κ1) is 22.7. The molecule has 0 aliphatic heterocycles. The van der Waals surface area contributed by atoms with E-state index in [1.807, 2.05) is 36.1 Å². The molecule has 10 heteroatoms. The highest BCUT2D eigenvalue weighted by Gasteiger charge is 2.15. The summed E-state index contributed by atoms with van der Waals surface area (Å²) in [6.45, 7) is 1.82. The molecular formula is C23H20FN5O2S2. The minimum Gasteiger partial charge on any atom is -0.325 e. The van der Waals surface area contributed by atoms with Crippen molar-refractivity contribution in [3.63, 3.8) is 0 Å². The Hall–Kier alpha value is -3.50. The van der Waals surface area contributed by atoms with E-state index in [1.54, 1.807) is 35.6 Å². The molecule has 4 aromatic rings. The van der Waals surface area contributed by atoms with Crippen LogP contribution in [0, 0.1) is 12.7 Å². The molecule has 7 nitrogen and oxygen atoms in total. The predicted octanol–water partition coefficient (Wildman–Crippen LogP) is 4.97. The van der Waals surface area contributed by atoms with Gasteiger partial charge < -0.3 is 15.2 Å². The molecule has 0 radical (unpaired) electrons. The van der Waals surface area contributed by atoms with Crippen LogP contribution in [0.2, 0.25) is 0 Å². The lowest BCUT2D eigenvalue weighted by molar-refractivity contribution is -0.113. The van der Waals surface area contributed by atoms with Crippen molar-refractivity contribution in [1.29, 1.82) is 0 Å². The number of thioether (sulfide) groups is 1. The van der Waals surface area contributed by atoms with Crippen molar-refractivity contribution in [2.24, 2.45) is 7.05 Å². The number of rotatable bonds is 7. The van der Waals surface area contributed by atoms with Gasteiger partial charge in [-0.05, 0) is 54.3 Å². The van der Waals surface area contributed by atoms with Gasteiger partial charge in [0.25, 0.3) is 5.91 Å². The number of halogens is 1. The molecule has 2 aromatic heterocycles. The Balaban J connectivity index is 1.35. The maximum absolute atomic E-state index is 13.8. The van der Waals surface area contributed by atoms with Gasteiger partial charge in [-0.3, -0.25) is 9.59 Å². The van der Waals surface area contributed by atoms with Crippen LogP contribution in [-0.2, 0) is 11.8 Å². The third-order valence-corrected chi connectivity index (χ3v) is 6.67. The molecule has 168 valence electrons. The Morgan fingerprint density at radius 2 is 1.91 bits per heavy atom. The summed E-state index contributed by atoms with van der Waals surface area (Å²) >= 11 is 2.88. The van der Waals surface area contributed by atoms with Gasteiger partial charge in [-0.25, -0.2) is 4.39 Å². The van der Waals surface area contributed by atoms with Crippen molar-refractivity contribution >= 4 is 46.3 Å². The third kappa shape index (κ3) is 5.29. The number of carbonyl (C=O) groups excluding carboxylic acids is 2. The van der Waals surface area contributed by atoms with E-state index < -0.39 is 11.7 Å². The van der Waals surface area contributed by atoms with E-state index in [1.165, 1.54) is 30.0 Å². The number of nitrogens with zero attached hydrogens (tertiary/aromatic N) is 3. The van der Waals surface area contributed by atoms with Crippen LogP contribution in [-0.4, -0.2) is 32.3 Å². The molecule has 0 spiro atoms. The average molecular weight is 482 g/mol. The molecule has 4 rings (SSSR count). The summed E-state index contributed by atoms with van der Waals surface area (Å²) in [6, 6.07) is 14.8. The number of thiophene rings is 1. The molecule has 0 bridgehead atoms. The van der Waals surface area contributed by atoms with Crippen molar-refractivity contribution in [3.05, 3.63) is 76.9 Å². The van der Waals surface area contributed by atoms with Crippen molar-refractivity contribution in [2.45, 2.75) is 12.1 Å². The van der Waals surface area contributed by atoms with Crippen LogP contribution in [0.25, 0.3) is 10.7 Å². The maximum atomic E-state index is 13.8. The maximum Gasteiger partial charge on any atom is 0.258 e. The molecule has 0 aliphatic carbocycles. The minimum absolute atomic E-state index is 0.0319. The van der Waals surface area contributed by atoms with Crippen LogP contribution in [0.4, 0.5) is 15.8 Å². The Kier molecular flexibility index (Phi) is 6.85. The number of anilines is 2. The molecule has 0 atom stereocenters. The van der Waals surface area contributed by atoms with Crippen molar-refractivity contribution in [2.75, 3.05) is 16.4 Å². The van der Waals surface area contributed by atoms with Crippen LogP contribution >= 0.6 is 23.1 Å². The number of aryl methyl sites for hydroxylation is 1. The fraction of sp³-hybridized carbons (Fsp3) is 0.130. The zero-order chi connectivity index (χ0) is 23.4. The summed E-state index contributed by atoms with van der Waals surface area (Å²) in [7, 11) is 1.87. The SMILES string of the molecule is Cc1cc(NC(=O)c2ccccc2F)ccc1NC(=O)CSc1nnc(-c2cccs2)n1C. The van der Waals surface area contributed by atoms with Gasteiger partial charge in [0.2, 0.25) is 5.91 Å². The first-order chi connectivity index (χ1) is 15.9. The predicted molar refractivity (Wildman–Crippen MR) is 129 cm³/mol. The second kappa shape index (κ2) is 9.97. The van der Waals surface area contributed by atoms with E-state index in [0.29, 0.717) is 16.5 Å². The Morgan fingerprint density at radius 3 is 2.64 bits per heavy atom. The quantitative estimate of drug-likeness (QED) is 0.364. The van der Waals surface area contributed by atoms with Gasteiger partial charge in [0.1, 0.15) is 5.82 Å².